The van der Waals surface area contributed by atoms with E-state index in [0.717, 1.165) is 10.1 Å². The molecule has 6 nitrogen and oxygen atoms in total. The summed E-state index contributed by atoms with van der Waals surface area (Å²) in [5.41, 5.74) is 0. The first-order valence-electron chi connectivity index (χ1n) is 5.39. The molecule has 0 radical (unpaired) electrons. The highest BCUT2D eigenvalue weighted by Gasteiger charge is 2.30. The topological polar surface area (TPSA) is 77.9 Å². The van der Waals surface area contributed by atoms with Gasteiger partial charge in [0.25, 0.3) is 10.2 Å². The molecular formula is C9H18N2O4S2. The van der Waals surface area contributed by atoms with Crippen molar-refractivity contribution >= 4 is 27.9 Å². The fraction of sp³-hybridized carbons (Fsp3) is 0.889. The van der Waals surface area contributed by atoms with Crippen LogP contribution in [0.2, 0.25) is 0 Å². The highest BCUT2D eigenvalue weighted by atomic mass is 32.2. The Labute approximate surface area is 106 Å². The maximum absolute atomic E-state index is 12.1. The molecule has 0 aromatic carbocycles. The molecule has 0 aromatic rings. The standard InChI is InChI=1S/C9H18N2O4S2/c1-8-7-11(5-6-16-8)17(14,15)10(2)4-3-9(12)13/h8H,3-7H2,1-2H3,(H,12,13). The maximum atomic E-state index is 12.1. The first-order chi connectivity index (χ1) is 7.84. The predicted octanol–water partition coefficient (Wildman–Crippen LogP) is 0.0750. The molecule has 1 aliphatic rings. The monoisotopic (exact) mass is 282 g/mol. The highest BCUT2D eigenvalue weighted by molar-refractivity contribution is 8.00. The summed E-state index contributed by atoms with van der Waals surface area (Å²) in [4.78, 5) is 10.4. The third kappa shape index (κ3) is 4.13. The predicted molar refractivity (Wildman–Crippen MR) is 67.3 cm³/mol. The number of carboxylic acid groups (broad SMARTS) is 1. The molecule has 100 valence electrons. The van der Waals surface area contributed by atoms with Gasteiger partial charge in [-0.1, -0.05) is 6.92 Å². The van der Waals surface area contributed by atoms with Crippen LogP contribution in [0.15, 0.2) is 0 Å². The molecule has 1 saturated heterocycles. The van der Waals surface area contributed by atoms with Crippen LogP contribution in [0.25, 0.3) is 0 Å². The Morgan fingerprint density at radius 3 is 2.76 bits per heavy atom. The second-order valence-corrected chi connectivity index (χ2v) is 7.59. The summed E-state index contributed by atoms with van der Waals surface area (Å²) in [5.74, 6) is -0.206. The molecule has 1 N–H and O–H groups in total. The van der Waals surface area contributed by atoms with E-state index in [1.54, 1.807) is 11.8 Å². The SMILES string of the molecule is CC1CN(S(=O)(=O)N(C)CCC(=O)O)CCS1. The van der Waals surface area contributed by atoms with Crippen LogP contribution in [0.5, 0.6) is 0 Å². The van der Waals surface area contributed by atoms with E-state index in [-0.39, 0.29) is 18.2 Å². The lowest BCUT2D eigenvalue weighted by Gasteiger charge is -2.32. The van der Waals surface area contributed by atoms with Gasteiger partial charge < -0.3 is 5.11 Å². The van der Waals surface area contributed by atoms with Gasteiger partial charge in [-0.05, 0) is 0 Å². The summed E-state index contributed by atoms with van der Waals surface area (Å²) in [6.45, 7) is 2.98. The summed E-state index contributed by atoms with van der Waals surface area (Å²) < 4.78 is 26.7. The molecular weight excluding hydrogens is 264 g/mol. The van der Waals surface area contributed by atoms with Gasteiger partial charge in [0.05, 0.1) is 6.42 Å². The van der Waals surface area contributed by atoms with Crippen molar-refractivity contribution in [2.45, 2.75) is 18.6 Å². The van der Waals surface area contributed by atoms with Gasteiger partial charge in [-0.2, -0.15) is 28.8 Å². The number of carboxylic acids is 1. The van der Waals surface area contributed by atoms with Gasteiger partial charge in [0.2, 0.25) is 0 Å². The van der Waals surface area contributed by atoms with Crippen molar-refractivity contribution in [3.8, 4) is 0 Å². The molecule has 1 aliphatic heterocycles. The molecule has 0 amide bonds. The summed E-state index contributed by atoms with van der Waals surface area (Å²) in [5, 5.41) is 8.83. The van der Waals surface area contributed by atoms with E-state index in [1.165, 1.54) is 11.4 Å². The zero-order chi connectivity index (χ0) is 13.1. The minimum atomic E-state index is -3.50. The van der Waals surface area contributed by atoms with Crippen LogP contribution in [0.1, 0.15) is 13.3 Å². The first kappa shape index (κ1) is 14.7. The van der Waals surface area contributed by atoms with Crippen molar-refractivity contribution in [3.05, 3.63) is 0 Å². The van der Waals surface area contributed by atoms with E-state index in [4.69, 9.17) is 5.11 Å². The van der Waals surface area contributed by atoms with Crippen LogP contribution >= 0.6 is 11.8 Å². The van der Waals surface area contributed by atoms with E-state index in [1.807, 2.05) is 6.92 Å². The Kier molecular flexibility index (Phi) is 5.23. The van der Waals surface area contributed by atoms with Gasteiger partial charge in [0.1, 0.15) is 0 Å². The Bertz CT molecular complexity index is 371. The fourth-order valence-corrected chi connectivity index (χ4v) is 4.24. The average Bonchev–Trinajstić information content (AvgIpc) is 2.25. The maximum Gasteiger partial charge on any atom is 0.304 e. The summed E-state index contributed by atoms with van der Waals surface area (Å²) in [6.07, 6.45) is -0.173. The number of hydrogen-bond donors (Lipinski definition) is 1. The molecule has 1 heterocycles. The van der Waals surface area contributed by atoms with Crippen molar-refractivity contribution in [2.75, 3.05) is 32.4 Å². The Morgan fingerprint density at radius 1 is 1.59 bits per heavy atom. The number of rotatable bonds is 5. The molecule has 1 fully saturated rings. The molecule has 0 aliphatic carbocycles. The van der Waals surface area contributed by atoms with Gasteiger partial charge >= 0.3 is 5.97 Å². The molecule has 0 aromatic heterocycles. The van der Waals surface area contributed by atoms with Crippen LogP contribution in [-0.4, -0.2) is 65.8 Å². The van der Waals surface area contributed by atoms with Gasteiger partial charge in [0, 0.05) is 37.7 Å². The number of aliphatic carboxylic acids is 1. The molecule has 1 unspecified atom stereocenters. The molecule has 0 saturated carbocycles. The lowest BCUT2D eigenvalue weighted by molar-refractivity contribution is -0.137. The third-order valence-corrected chi connectivity index (χ3v) is 5.66. The molecule has 17 heavy (non-hydrogen) atoms. The fourth-order valence-electron chi connectivity index (χ4n) is 1.56. The van der Waals surface area contributed by atoms with Crippen LogP contribution in [0.3, 0.4) is 0 Å². The van der Waals surface area contributed by atoms with Crippen LogP contribution in [-0.2, 0) is 15.0 Å². The molecule has 0 bridgehead atoms. The zero-order valence-corrected chi connectivity index (χ0v) is 11.6. The van der Waals surface area contributed by atoms with Gasteiger partial charge in [-0.15, -0.1) is 0 Å². The van der Waals surface area contributed by atoms with Crippen LogP contribution < -0.4 is 0 Å². The smallest absolute Gasteiger partial charge is 0.304 e. The number of nitrogens with zero attached hydrogens (tertiary/aromatic N) is 2. The van der Waals surface area contributed by atoms with Crippen LogP contribution in [0.4, 0.5) is 0 Å². The largest absolute Gasteiger partial charge is 0.481 e. The zero-order valence-electron chi connectivity index (χ0n) is 10.00. The van der Waals surface area contributed by atoms with Gasteiger partial charge in [-0.25, -0.2) is 0 Å². The minimum absolute atomic E-state index is 0.00961. The Morgan fingerprint density at radius 2 is 2.24 bits per heavy atom. The van der Waals surface area contributed by atoms with Crippen molar-refractivity contribution in [3.63, 3.8) is 0 Å². The van der Waals surface area contributed by atoms with Crippen molar-refractivity contribution < 1.29 is 18.3 Å². The van der Waals surface area contributed by atoms with Gasteiger partial charge in [0.15, 0.2) is 0 Å². The second-order valence-electron chi connectivity index (χ2n) is 4.01. The third-order valence-electron chi connectivity index (χ3n) is 2.56. The van der Waals surface area contributed by atoms with Gasteiger partial charge in [-0.3, -0.25) is 4.79 Å². The summed E-state index contributed by atoms with van der Waals surface area (Å²) in [7, 11) is -2.08. The molecule has 0 spiro atoms. The minimum Gasteiger partial charge on any atom is -0.481 e. The second kappa shape index (κ2) is 6.03. The first-order valence-corrected chi connectivity index (χ1v) is 7.83. The van der Waals surface area contributed by atoms with Crippen molar-refractivity contribution in [2.24, 2.45) is 0 Å². The van der Waals surface area contributed by atoms with Crippen LogP contribution in [0, 0.1) is 0 Å². The quantitative estimate of drug-likeness (QED) is 0.772. The van der Waals surface area contributed by atoms with E-state index in [0.29, 0.717) is 13.1 Å². The van der Waals surface area contributed by atoms with E-state index in [9.17, 15) is 13.2 Å². The number of thioether (sulfide) groups is 1. The van der Waals surface area contributed by atoms with E-state index in [2.05, 4.69) is 0 Å². The number of carbonyl (C=O) groups is 1. The Balaban J connectivity index is 2.62. The molecule has 8 heteroatoms. The highest BCUT2D eigenvalue weighted by Crippen LogP contribution is 2.21. The normalized spacial score (nSPS) is 22.9. The van der Waals surface area contributed by atoms with Crippen molar-refractivity contribution in [1.29, 1.82) is 0 Å². The Hall–Kier alpha value is -0.310. The molecule has 1 atom stereocenters. The molecule has 1 rings (SSSR count). The van der Waals surface area contributed by atoms with Crippen molar-refractivity contribution in [1.82, 2.24) is 8.61 Å². The van der Waals surface area contributed by atoms with E-state index >= 15 is 0 Å². The lowest BCUT2D eigenvalue weighted by Crippen LogP contribution is -2.47. The average molecular weight is 282 g/mol. The number of hydrogen-bond acceptors (Lipinski definition) is 4. The lowest BCUT2D eigenvalue weighted by atomic mass is 10.4. The van der Waals surface area contributed by atoms with E-state index < -0.39 is 16.2 Å². The summed E-state index contributed by atoms with van der Waals surface area (Å²) in [6, 6.07) is 0. The summed E-state index contributed by atoms with van der Waals surface area (Å²) >= 11 is 1.75.